The lowest BCUT2D eigenvalue weighted by Crippen LogP contribution is -2.08. The Morgan fingerprint density at radius 3 is 2.16 bits per heavy atom. The molecular weight excluding hydrogens is 599 g/mol. The van der Waals surface area contributed by atoms with Gasteiger partial charge in [0.05, 0.1) is 31.3 Å². The van der Waals surface area contributed by atoms with Crippen LogP contribution in [0.25, 0.3) is 22.4 Å². The van der Waals surface area contributed by atoms with E-state index in [0.717, 1.165) is 47.6 Å². The highest BCUT2D eigenvalue weighted by molar-refractivity contribution is 6.34. The van der Waals surface area contributed by atoms with Crippen LogP contribution in [-0.4, -0.2) is 41.9 Å². The summed E-state index contributed by atoms with van der Waals surface area (Å²) in [5, 5.41) is 1.02. The fourth-order valence-electron chi connectivity index (χ4n) is 4.91. The van der Waals surface area contributed by atoms with Crippen LogP contribution in [0.15, 0.2) is 92.0 Å². The number of hydrogen-bond donors (Lipinski definition) is 0. The molecule has 0 aliphatic rings. The second-order valence-electron chi connectivity index (χ2n) is 10.3. The zero-order chi connectivity index (χ0) is 30.3. The Kier molecular flexibility index (Phi) is 9.34. The smallest absolute Gasteiger partial charge is 0.150 e. The summed E-state index contributed by atoms with van der Waals surface area (Å²) in [7, 11) is 0. The van der Waals surface area contributed by atoms with Gasteiger partial charge in [-0.3, -0.25) is 0 Å². The number of nitrogens with zero attached hydrogens (tertiary/aromatic N) is 6. The van der Waals surface area contributed by atoms with Crippen molar-refractivity contribution in [3.8, 4) is 34.4 Å². The normalized spacial score (nSPS) is 11.2. The third-order valence-electron chi connectivity index (χ3n) is 7.04. The van der Waals surface area contributed by atoms with E-state index < -0.39 is 0 Å². The third-order valence-corrected chi connectivity index (χ3v) is 7.47. The lowest BCUT2D eigenvalue weighted by molar-refractivity contribution is 0.286. The molecule has 0 amide bonds. The van der Waals surface area contributed by atoms with Gasteiger partial charge in [0, 0.05) is 59.1 Å². The number of benzene rings is 3. The lowest BCUT2D eigenvalue weighted by atomic mass is 10.2. The zero-order valence-electron chi connectivity index (χ0n) is 24.3. The molecule has 0 saturated carbocycles. The van der Waals surface area contributed by atoms with E-state index in [9.17, 15) is 0 Å². The third kappa shape index (κ3) is 7.18. The maximum absolute atomic E-state index is 6.35. The van der Waals surface area contributed by atoms with Crippen LogP contribution in [-0.2, 0) is 19.6 Å². The van der Waals surface area contributed by atoms with Crippen molar-refractivity contribution in [1.29, 1.82) is 0 Å². The number of aromatic nitrogens is 6. The summed E-state index contributed by atoms with van der Waals surface area (Å²) < 4.78 is 24.9. The molecule has 0 radical (unpaired) electrons. The van der Waals surface area contributed by atoms with Crippen molar-refractivity contribution < 1.29 is 14.2 Å². The van der Waals surface area contributed by atoms with Gasteiger partial charge in [-0.05, 0) is 36.8 Å². The van der Waals surface area contributed by atoms with E-state index in [1.54, 1.807) is 43.2 Å². The first-order chi connectivity index (χ1) is 21.6. The Morgan fingerprint density at radius 2 is 1.48 bits per heavy atom. The number of hydrogen-bond acceptors (Lipinski definition) is 6. The van der Waals surface area contributed by atoms with Crippen LogP contribution >= 0.6 is 23.2 Å². The van der Waals surface area contributed by atoms with E-state index in [-0.39, 0.29) is 0 Å². The van der Waals surface area contributed by atoms with Gasteiger partial charge in [-0.1, -0.05) is 48.7 Å². The van der Waals surface area contributed by atoms with Crippen LogP contribution in [0.5, 0.6) is 23.0 Å². The molecule has 3 heterocycles. The molecule has 0 fully saturated rings. The van der Waals surface area contributed by atoms with Gasteiger partial charge in [-0.25, -0.2) is 15.0 Å². The average molecular weight is 632 g/mol. The molecule has 0 aliphatic heterocycles. The van der Waals surface area contributed by atoms with E-state index >= 15 is 0 Å². The monoisotopic (exact) mass is 630 g/mol. The number of halogens is 2. The first-order valence-corrected chi connectivity index (χ1v) is 15.3. The summed E-state index contributed by atoms with van der Waals surface area (Å²) in [6, 6.07) is 17.0. The molecule has 6 aromatic rings. The van der Waals surface area contributed by atoms with Crippen molar-refractivity contribution in [2.24, 2.45) is 0 Å². The predicted octanol–water partition coefficient (Wildman–Crippen LogP) is 8.15. The molecule has 0 atom stereocenters. The van der Waals surface area contributed by atoms with Crippen molar-refractivity contribution in [2.75, 3.05) is 13.2 Å². The van der Waals surface area contributed by atoms with Crippen LogP contribution in [0.2, 0.25) is 10.0 Å². The fraction of sp³-hybridized carbons (Fsp3) is 0.242. The summed E-state index contributed by atoms with van der Waals surface area (Å²) in [4.78, 5) is 13.4. The Morgan fingerprint density at radius 1 is 0.750 bits per heavy atom. The molecule has 0 spiro atoms. The van der Waals surface area contributed by atoms with Gasteiger partial charge in [0.1, 0.15) is 41.8 Å². The molecule has 226 valence electrons. The number of fused-ring (bicyclic) bond motifs is 1. The second kappa shape index (κ2) is 13.9. The van der Waals surface area contributed by atoms with E-state index in [1.165, 1.54) is 0 Å². The first-order valence-electron chi connectivity index (χ1n) is 14.5. The topological polar surface area (TPSA) is 81.1 Å². The van der Waals surface area contributed by atoms with Crippen LogP contribution < -0.4 is 14.2 Å². The van der Waals surface area contributed by atoms with Crippen LogP contribution in [0, 0.1) is 0 Å². The van der Waals surface area contributed by atoms with Gasteiger partial charge in [-0.15, -0.1) is 0 Å². The van der Waals surface area contributed by atoms with E-state index in [1.807, 2.05) is 57.9 Å². The molecule has 3 aromatic heterocycles. The molecule has 0 N–H and O–H groups in total. The number of rotatable bonds is 14. The number of ether oxygens (including phenoxy) is 3. The zero-order valence-corrected chi connectivity index (χ0v) is 25.8. The van der Waals surface area contributed by atoms with Gasteiger partial charge in [0.25, 0.3) is 0 Å². The molecule has 9 nitrogen and oxygen atoms in total. The highest BCUT2D eigenvalue weighted by atomic mass is 35.5. The van der Waals surface area contributed by atoms with Crippen molar-refractivity contribution >= 4 is 34.2 Å². The molecule has 0 bridgehead atoms. The number of unbranched alkanes of at least 4 members (excludes halogenated alkanes) is 1. The first kappa shape index (κ1) is 29.6. The SMILES string of the molecule is CCCCn1c(-c2cccc(Oc3cc(Cl)cc(Cl)c3)c2)nc2c(OCCn3ccnc3)cc(OCCn3ccnc3)cc21. The van der Waals surface area contributed by atoms with Gasteiger partial charge >= 0.3 is 0 Å². The van der Waals surface area contributed by atoms with Crippen molar-refractivity contribution in [2.45, 2.75) is 39.4 Å². The molecule has 0 saturated heterocycles. The summed E-state index contributed by atoms with van der Waals surface area (Å²) in [6.07, 6.45) is 12.9. The minimum absolute atomic E-state index is 0.451. The predicted molar refractivity (Wildman–Crippen MR) is 172 cm³/mol. The Bertz CT molecular complexity index is 1800. The molecule has 44 heavy (non-hydrogen) atoms. The standard InChI is InChI=1S/C33H32Cl2N6O3/c1-2-3-9-41-30-20-28(42-14-12-39-10-7-36-22-39)21-31(43-15-13-40-11-8-37-23-40)32(30)38-33(41)24-5-4-6-27(16-24)44-29-18-25(34)17-26(35)19-29/h4-8,10-11,16-23H,2-3,9,12-15H2,1H3. The quantitative estimate of drug-likeness (QED) is 0.121. The maximum atomic E-state index is 6.35. The lowest BCUT2D eigenvalue weighted by Gasteiger charge is -2.13. The molecular formula is C33H32Cl2N6O3. The summed E-state index contributed by atoms with van der Waals surface area (Å²) in [5.41, 5.74) is 2.63. The molecule has 11 heteroatoms. The van der Waals surface area contributed by atoms with Gasteiger partial charge in [-0.2, -0.15) is 0 Å². The van der Waals surface area contributed by atoms with Crippen LogP contribution in [0.1, 0.15) is 19.8 Å². The van der Waals surface area contributed by atoms with Gasteiger partial charge in [0.15, 0.2) is 5.75 Å². The van der Waals surface area contributed by atoms with Crippen molar-refractivity contribution in [3.63, 3.8) is 0 Å². The molecule has 0 unspecified atom stereocenters. The number of aryl methyl sites for hydroxylation is 1. The minimum Gasteiger partial charge on any atom is -0.492 e. The largest absolute Gasteiger partial charge is 0.492 e. The summed E-state index contributed by atoms with van der Waals surface area (Å²) in [6.45, 7) is 5.23. The van der Waals surface area contributed by atoms with Crippen LogP contribution in [0.4, 0.5) is 0 Å². The highest BCUT2D eigenvalue weighted by Gasteiger charge is 2.19. The van der Waals surface area contributed by atoms with Gasteiger partial charge in [0.2, 0.25) is 0 Å². The molecule has 0 aliphatic carbocycles. The molecule has 6 rings (SSSR count). The van der Waals surface area contributed by atoms with E-state index in [2.05, 4.69) is 21.5 Å². The fourth-order valence-corrected chi connectivity index (χ4v) is 5.42. The second-order valence-corrected chi connectivity index (χ2v) is 11.1. The Hall–Kier alpha value is -4.47. The minimum atomic E-state index is 0.451. The van der Waals surface area contributed by atoms with Gasteiger partial charge < -0.3 is 27.9 Å². The van der Waals surface area contributed by atoms with Crippen molar-refractivity contribution in [3.05, 3.63) is 102 Å². The average Bonchev–Trinajstić information content (AvgIpc) is 3.78. The van der Waals surface area contributed by atoms with Crippen LogP contribution in [0.3, 0.4) is 0 Å². The van der Waals surface area contributed by atoms with E-state index in [0.29, 0.717) is 53.6 Å². The summed E-state index contributed by atoms with van der Waals surface area (Å²) >= 11 is 12.4. The number of imidazole rings is 3. The Balaban J connectivity index is 1.36. The highest BCUT2D eigenvalue weighted by Crippen LogP contribution is 2.37. The maximum Gasteiger partial charge on any atom is 0.150 e. The summed E-state index contributed by atoms with van der Waals surface area (Å²) in [5.74, 6) is 3.41. The van der Waals surface area contributed by atoms with Crippen molar-refractivity contribution in [1.82, 2.24) is 28.7 Å². The van der Waals surface area contributed by atoms with E-state index in [4.69, 9.17) is 42.4 Å². The Labute approximate surface area is 265 Å². The molecule has 3 aromatic carbocycles.